The Morgan fingerprint density at radius 1 is 0.727 bits per heavy atom. The minimum atomic E-state index is -0.987. The minimum Gasteiger partial charge on any atom is -0.480 e. The molecule has 182 valence electrons. The molecular formula is C21H31N5O7. The van der Waals surface area contributed by atoms with E-state index in [0.717, 1.165) is 18.8 Å². The van der Waals surface area contributed by atoms with E-state index in [1.165, 1.54) is 0 Å². The first-order valence-electron chi connectivity index (χ1n) is 10.9. The van der Waals surface area contributed by atoms with Gasteiger partial charge in [0.15, 0.2) is 0 Å². The predicted molar refractivity (Wildman–Crippen MR) is 117 cm³/mol. The van der Waals surface area contributed by atoms with Crippen molar-refractivity contribution in [3.8, 4) is 0 Å². The maximum absolute atomic E-state index is 11.4. The molecule has 2 aliphatic heterocycles. The average molecular weight is 466 g/mol. The second kappa shape index (κ2) is 11.9. The number of carboxylic acid groups (broad SMARTS) is 3. The highest BCUT2D eigenvalue weighted by Crippen LogP contribution is 2.21. The number of carboxylic acids is 3. The summed E-state index contributed by atoms with van der Waals surface area (Å²) < 4.78 is 5.44. The molecule has 3 heterocycles. The molecule has 3 rings (SSSR count). The van der Waals surface area contributed by atoms with Gasteiger partial charge in [0.1, 0.15) is 0 Å². The lowest BCUT2D eigenvalue weighted by molar-refractivity contribution is -0.140. The third kappa shape index (κ3) is 8.24. The minimum absolute atomic E-state index is 0.190. The number of ether oxygens (including phenoxy) is 1. The first kappa shape index (κ1) is 24.8. The van der Waals surface area contributed by atoms with Crippen molar-refractivity contribution in [3.63, 3.8) is 0 Å². The summed E-state index contributed by atoms with van der Waals surface area (Å²) in [6.45, 7) is 4.05. The van der Waals surface area contributed by atoms with Crippen molar-refractivity contribution in [1.29, 1.82) is 0 Å². The normalized spacial score (nSPS) is 19.5. The fraction of sp³-hybridized carbons (Fsp3) is 0.619. The first-order chi connectivity index (χ1) is 15.8. The Morgan fingerprint density at radius 3 is 1.61 bits per heavy atom. The van der Waals surface area contributed by atoms with Gasteiger partial charge in [0.25, 0.3) is 0 Å². The molecule has 3 N–H and O–H groups in total. The lowest BCUT2D eigenvalue weighted by Gasteiger charge is -2.32. The molecule has 0 aliphatic carbocycles. The summed E-state index contributed by atoms with van der Waals surface area (Å²) in [6, 6.07) is 3.87. The smallest absolute Gasteiger partial charge is 0.317 e. The second-order valence-corrected chi connectivity index (χ2v) is 8.29. The first-order valence-corrected chi connectivity index (χ1v) is 10.9. The summed E-state index contributed by atoms with van der Waals surface area (Å²) in [5.41, 5.74) is 2.33. The Bertz CT molecular complexity index is 798. The van der Waals surface area contributed by atoms with E-state index in [0.29, 0.717) is 50.8 Å². The van der Waals surface area contributed by atoms with Gasteiger partial charge in [0.05, 0.1) is 44.2 Å². The van der Waals surface area contributed by atoms with Gasteiger partial charge in [0.2, 0.25) is 0 Å². The number of aromatic nitrogens is 1. The van der Waals surface area contributed by atoms with Crippen molar-refractivity contribution < 1.29 is 34.4 Å². The predicted octanol–water partition coefficient (Wildman–Crippen LogP) is -0.908. The van der Waals surface area contributed by atoms with Crippen LogP contribution in [0, 0.1) is 0 Å². The van der Waals surface area contributed by atoms with Crippen LogP contribution < -0.4 is 4.90 Å². The average Bonchev–Trinajstić information content (AvgIpc) is 2.74. The van der Waals surface area contributed by atoms with Gasteiger partial charge in [-0.25, -0.2) is 0 Å². The van der Waals surface area contributed by atoms with Crippen LogP contribution in [0.4, 0.5) is 5.69 Å². The van der Waals surface area contributed by atoms with Crippen molar-refractivity contribution in [2.75, 3.05) is 77.0 Å². The van der Waals surface area contributed by atoms with E-state index in [2.05, 4.69) is 4.90 Å². The molecule has 12 heteroatoms. The van der Waals surface area contributed by atoms with Gasteiger partial charge < -0.3 is 25.0 Å². The van der Waals surface area contributed by atoms with Gasteiger partial charge in [-0.2, -0.15) is 0 Å². The molecule has 0 unspecified atom stereocenters. The van der Waals surface area contributed by atoms with Gasteiger partial charge in [-0.15, -0.1) is 0 Å². The standard InChI is InChI=1S/C21H31N5O7/c27-19(28)13-23-1-3-24(14-20(29)30)11-16-9-18(26-5-7-33-8-6-26)10-17(22-16)12-25(4-2-23)15-21(31)32/h9-10H,1-8,11-15H2,(H,27,28)(H,29,30)(H,31,32). The highest BCUT2D eigenvalue weighted by molar-refractivity contribution is 5.70. The van der Waals surface area contributed by atoms with Crippen LogP contribution in [0.25, 0.3) is 0 Å². The van der Waals surface area contributed by atoms with E-state index in [9.17, 15) is 29.7 Å². The second-order valence-electron chi connectivity index (χ2n) is 8.29. The van der Waals surface area contributed by atoms with Crippen molar-refractivity contribution in [3.05, 3.63) is 23.5 Å². The van der Waals surface area contributed by atoms with Crippen molar-refractivity contribution in [2.24, 2.45) is 0 Å². The Morgan fingerprint density at radius 2 is 1.15 bits per heavy atom. The van der Waals surface area contributed by atoms with E-state index >= 15 is 0 Å². The van der Waals surface area contributed by atoms with E-state index < -0.39 is 17.9 Å². The summed E-state index contributed by atoms with van der Waals surface area (Å²) in [4.78, 5) is 46.2. The molecule has 12 nitrogen and oxygen atoms in total. The van der Waals surface area contributed by atoms with Crippen molar-refractivity contribution in [2.45, 2.75) is 13.1 Å². The zero-order valence-corrected chi connectivity index (χ0v) is 18.6. The van der Waals surface area contributed by atoms with Crippen LogP contribution in [-0.2, 0) is 32.2 Å². The Hall–Kier alpha value is -2.80. The van der Waals surface area contributed by atoms with Crippen LogP contribution in [0.2, 0.25) is 0 Å². The van der Waals surface area contributed by atoms with Crippen molar-refractivity contribution >= 4 is 23.6 Å². The number of anilines is 1. The van der Waals surface area contributed by atoms with Crippen LogP contribution in [0.15, 0.2) is 12.1 Å². The molecule has 2 bridgehead atoms. The number of aliphatic carboxylic acids is 3. The number of nitrogens with zero attached hydrogens (tertiary/aromatic N) is 5. The molecule has 0 amide bonds. The quantitative estimate of drug-likeness (QED) is 0.458. The lowest BCUT2D eigenvalue weighted by atomic mass is 10.2. The largest absolute Gasteiger partial charge is 0.480 e. The van der Waals surface area contributed by atoms with E-state index in [-0.39, 0.29) is 32.7 Å². The molecule has 0 aromatic carbocycles. The molecule has 1 aromatic rings. The van der Waals surface area contributed by atoms with Crippen LogP contribution in [0.3, 0.4) is 0 Å². The van der Waals surface area contributed by atoms with E-state index in [1.54, 1.807) is 14.7 Å². The van der Waals surface area contributed by atoms with Crippen LogP contribution in [0.1, 0.15) is 11.4 Å². The summed E-state index contributed by atoms with van der Waals surface area (Å²) in [7, 11) is 0. The maximum atomic E-state index is 11.4. The van der Waals surface area contributed by atoms with Crippen molar-refractivity contribution in [1.82, 2.24) is 19.7 Å². The summed E-state index contributed by atoms with van der Waals surface area (Å²) in [6.07, 6.45) is 0. The van der Waals surface area contributed by atoms with Gasteiger partial charge >= 0.3 is 17.9 Å². The molecule has 0 spiro atoms. The fourth-order valence-electron chi connectivity index (χ4n) is 4.09. The summed E-state index contributed by atoms with van der Waals surface area (Å²) in [5.74, 6) is -2.92. The molecule has 1 aromatic heterocycles. The number of carbonyl (C=O) groups is 3. The Labute approximate surface area is 191 Å². The van der Waals surface area contributed by atoms with E-state index in [1.807, 2.05) is 12.1 Å². The number of fused-ring (bicyclic) bond motifs is 2. The number of morpholine rings is 1. The molecular weight excluding hydrogens is 434 g/mol. The molecule has 0 radical (unpaired) electrons. The molecule has 1 fully saturated rings. The SMILES string of the molecule is O=C(O)CN1CCN(CC(=O)O)Cc2cc(N3CCOCC3)cc(n2)CN(CC(=O)O)CC1. The number of hydrogen-bond donors (Lipinski definition) is 3. The van der Waals surface area contributed by atoms with Crippen LogP contribution >= 0.6 is 0 Å². The topological polar surface area (TPSA) is 147 Å². The molecule has 2 aliphatic rings. The third-order valence-electron chi connectivity index (χ3n) is 5.61. The van der Waals surface area contributed by atoms with Crippen LogP contribution in [0.5, 0.6) is 0 Å². The zero-order valence-electron chi connectivity index (χ0n) is 18.6. The van der Waals surface area contributed by atoms with E-state index in [4.69, 9.17) is 9.72 Å². The number of rotatable bonds is 7. The molecule has 1 saturated heterocycles. The molecule has 0 saturated carbocycles. The molecule has 0 atom stereocenters. The zero-order chi connectivity index (χ0) is 23.8. The number of hydrogen-bond acceptors (Lipinski definition) is 9. The van der Waals surface area contributed by atoms with Crippen LogP contribution in [-0.4, -0.2) is 125 Å². The summed E-state index contributed by atoms with van der Waals surface area (Å²) >= 11 is 0. The summed E-state index contributed by atoms with van der Waals surface area (Å²) in [5, 5.41) is 28.0. The Kier molecular flexibility index (Phi) is 8.95. The maximum Gasteiger partial charge on any atom is 0.317 e. The highest BCUT2D eigenvalue weighted by Gasteiger charge is 2.21. The number of pyridine rings is 1. The highest BCUT2D eigenvalue weighted by atomic mass is 16.5. The van der Waals surface area contributed by atoms with Gasteiger partial charge in [-0.1, -0.05) is 0 Å². The fourth-order valence-corrected chi connectivity index (χ4v) is 4.09. The monoisotopic (exact) mass is 465 g/mol. The van der Waals surface area contributed by atoms with Gasteiger partial charge in [-0.3, -0.25) is 34.1 Å². The van der Waals surface area contributed by atoms with Gasteiger partial charge in [-0.05, 0) is 12.1 Å². The third-order valence-corrected chi connectivity index (χ3v) is 5.61. The lowest BCUT2D eigenvalue weighted by Crippen LogP contribution is -2.44. The van der Waals surface area contributed by atoms with Gasteiger partial charge in [0, 0.05) is 58.0 Å². The Balaban J connectivity index is 1.92. The molecule has 33 heavy (non-hydrogen) atoms.